The van der Waals surface area contributed by atoms with Crippen LogP contribution >= 0.6 is 0 Å². The topological polar surface area (TPSA) is 26.0 Å². The molecular weight excluding hydrogens is 182 g/mol. The quantitative estimate of drug-likeness (QED) is 0.793. The average Bonchev–Trinajstić information content (AvgIpc) is 2.17. The van der Waals surface area contributed by atoms with Crippen molar-refractivity contribution in [2.75, 3.05) is 0 Å². The van der Waals surface area contributed by atoms with Crippen LogP contribution in [0.1, 0.15) is 57.2 Å². The van der Waals surface area contributed by atoms with Crippen LogP contribution in [0, 0.1) is 5.92 Å². The first-order valence-electron chi connectivity index (χ1n) is 5.86. The second-order valence-electron chi connectivity index (χ2n) is 5.06. The minimum absolute atomic E-state index is 0.186. The van der Waals surface area contributed by atoms with Gasteiger partial charge in [0.1, 0.15) is 0 Å². The fourth-order valence-corrected chi connectivity index (χ4v) is 1.77. The van der Waals surface area contributed by atoms with E-state index in [1.54, 1.807) is 0 Å². The Morgan fingerprint density at radius 2 is 1.40 bits per heavy atom. The van der Waals surface area contributed by atoms with Crippen molar-refractivity contribution in [3.05, 3.63) is 35.4 Å². The molecule has 1 unspecified atom stereocenters. The molecule has 0 radical (unpaired) electrons. The average molecular weight is 205 g/mol. The second-order valence-corrected chi connectivity index (χ2v) is 5.06. The molecule has 15 heavy (non-hydrogen) atoms. The van der Waals surface area contributed by atoms with E-state index in [4.69, 9.17) is 5.73 Å². The third-order valence-corrected chi connectivity index (χ3v) is 2.76. The molecule has 1 atom stereocenters. The summed E-state index contributed by atoms with van der Waals surface area (Å²) in [4.78, 5) is 0. The smallest absolute Gasteiger partial charge is 0.0297 e. The van der Waals surface area contributed by atoms with Gasteiger partial charge in [0.05, 0.1) is 0 Å². The lowest BCUT2D eigenvalue weighted by molar-refractivity contribution is 0.510. The highest BCUT2D eigenvalue weighted by Crippen LogP contribution is 2.21. The van der Waals surface area contributed by atoms with Crippen LogP contribution < -0.4 is 5.73 Å². The highest BCUT2D eigenvalue weighted by molar-refractivity contribution is 5.26. The molecule has 1 aromatic rings. The van der Waals surface area contributed by atoms with Crippen LogP contribution in [0.2, 0.25) is 0 Å². The van der Waals surface area contributed by atoms with Crippen molar-refractivity contribution in [3.63, 3.8) is 0 Å². The van der Waals surface area contributed by atoms with E-state index in [2.05, 4.69) is 52.0 Å². The molecule has 84 valence electrons. The molecule has 1 aromatic carbocycles. The molecule has 0 saturated heterocycles. The highest BCUT2D eigenvalue weighted by Gasteiger charge is 2.08. The van der Waals surface area contributed by atoms with E-state index in [0.717, 1.165) is 6.42 Å². The fraction of sp³-hybridized carbons (Fsp3) is 0.571. The van der Waals surface area contributed by atoms with E-state index in [9.17, 15) is 0 Å². The third-order valence-electron chi connectivity index (χ3n) is 2.76. The van der Waals surface area contributed by atoms with Gasteiger partial charge in [0.25, 0.3) is 0 Å². The predicted octanol–water partition coefficient (Wildman–Crippen LogP) is 3.86. The lowest BCUT2D eigenvalue weighted by Gasteiger charge is -2.15. The molecule has 0 spiro atoms. The highest BCUT2D eigenvalue weighted by atomic mass is 14.6. The number of hydrogen-bond donors (Lipinski definition) is 1. The Hall–Kier alpha value is -0.820. The van der Waals surface area contributed by atoms with Gasteiger partial charge in [-0.15, -0.1) is 0 Å². The Morgan fingerprint density at radius 1 is 0.933 bits per heavy atom. The molecule has 0 aliphatic carbocycles. The summed E-state index contributed by atoms with van der Waals surface area (Å²) in [5, 5.41) is 0. The van der Waals surface area contributed by atoms with E-state index in [0.29, 0.717) is 11.8 Å². The fourth-order valence-electron chi connectivity index (χ4n) is 1.77. The molecule has 1 heteroatoms. The molecule has 1 rings (SSSR count). The largest absolute Gasteiger partial charge is 0.324 e. The summed E-state index contributed by atoms with van der Waals surface area (Å²) in [5.41, 5.74) is 8.76. The summed E-state index contributed by atoms with van der Waals surface area (Å²) >= 11 is 0. The Kier molecular flexibility index (Phi) is 4.34. The van der Waals surface area contributed by atoms with Gasteiger partial charge >= 0.3 is 0 Å². The van der Waals surface area contributed by atoms with Crippen molar-refractivity contribution >= 4 is 0 Å². The first kappa shape index (κ1) is 12.3. The van der Waals surface area contributed by atoms with Gasteiger partial charge in [-0.2, -0.15) is 0 Å². The number of rotatable bonds is 4. The molecule has 0 aliphatic rings. The van der Waals surface area contributed by atoms with Crippen LogP contribution in [-0.4, -0.2) is 0 Å². The summed E-state index contributed by atoms with van der Waals surface area (Å²) in [5.74, 6) is 1.25. The molecule has 2 N–H and O–H groups in total. The number of nitrogens with two attached hydrogens (primary N) is 1. The summed E-state index contributed by atoms with van der Waals surface area (Å²) in [7, 11) is 0. The van der Waals surface area contributed by atoms with Crippen molar-refractivity contribution in [1.29, 1.82) is 0 Å². The summed E-state index contributed by atoms with van der Waals surface area (Å²) in [6, 6.07) is 8.91. The Labute approximate surface area is 93.7 Å². The third kappa shape index (κ3) is 3.67. The Bertz CT molecular complexity index is 285. The zero-order chi connectivity index (χ0) is 11.4. The van der Waals surface area contributed by atoms with Crippen molar-refractivity contribution in [2.45, 2.75) is 46.1 Å². The molecular formula is C14H23N. The van der Waals surface area contributed by atoms with Crippen molar-refractivity contribution in [1.82, 2.24) is 0 Å². The van der Waals surface area contributed by atoms with Crippen LogP contribution in [0.5, 0.6) is 0 Å². The lowest BCUT2D eigenvalue weighted by atomic mass is 9.95. The molecule has 1 nitrogen and oxygen atoms in total. The van der Waals surface area contributed by atoms with Crippen molar-refractivity contribution in [2.24, 2.45) is 11.7 Å². The Morgan fingerprint density at radius 3 is 1.80 bits per heavy atom. The molecule has 0 aliphatic heterocycles. The van der Waals surface area contributed by atoms with Gasteiger partial charge in [0.15, 0.2) is 0 Å². The van der Waals surface area contributed by atoms with Crippen LogP contribution in [0.4, 0.5) is 0 Å². The monoisotopic (exact) mass is 205 g/mol. The second kappa shape index (κ2) is 5.32. The minimum atomic E-state index is 0.186. The lowest BCUT2D eigenvalue weighted by Crippen LogP contribution is -2.12. The van der Waals surface area contributed by atoms with Gasteiger partial charge < -0.3 is 5.73 Å². The SMILES string of the molecule is CC(C)CC(N)c1ccc(C(C)C)cc1. The molecule has 0 saturated carbocycles. The summed E-state index contributed by atoms with van der Waals surface area (Å²) < 4.78 is 0. The zero-order valence-electron chi connectivity index (χ0n) is 10.3. The van der Waals surface area contributed by atoms with E-state index < -0.39 is 0 Å². The van der Waals surface area contributed by atoms with E-state index in [1.165, 1.54) is 11.1 Å². The van der Waals surface area contributed by atoms with E-state index in [1.807, 2.05) is 0 Å². The summed E-state index contributed by atoms with van der Waals surface area (Å²) in [6.07, 6.45) is 1.06. The van der Waals surface area contributed by atoms with Gasteiger partial charge in [-0.05, 0) is 29.4 Å². The van der Waals surface area contributed by atoms with Gasteiger partial charge in [0.2, 0.25) is 0 Å². The van der Waals surface area contributed by atoms with E-state index >= 15 is 0 Å². The van der Waals surface area contributed by atoms with Gasteiger partial charge in [-0.1, -0.05) is 52.0 Å². The number of hydrogen-bond acceptors (Lipinski definition) is 1. The molecule has 0 bridgehead atoms. The standard InChI is InChI=1S/C14H23N/c1-10(2)9-14(15)13-7-5-12(6-8-13)11(3)4/h5-8,10-11,14H,9,15H2,1-4H3. The van der Waals surface area contributed by atoms with Gasteiger partial charge in [-0.3, -0.25) is 0 Å². The van der Waals surface area contributed by atoms with E-state index in [-0.39, 0.29) is 6.04 Å². The van der Waals surface area contributed by atoms with Crippen LogP contribution in [0.15, 0.2) is 24.3 Å². The molecule has 0 amide bonds. The number of benzene rings is 1. The molecule has 0 heterocycles. The first-order valence-corrected chi connectivity index (χ1v) is 5.86. The van der Waals surface area contributed by atoms with Crippen molar-refractivity contribution in [3.8, 4) is 0 Å². The molecule has 0 aromatic heterocycles. The predicted molar refractivity (Wildman–Crippen MR) is 66.9 cm³/mol. The minimum Gasteiger partial charge on any atom is -0.324 e. The summed E-state index contributed by atoms with van der Waals surface area (Å²) in [6.45, 7) is 8.84. The Balaban J connectivity index is 2.71. The first-order chi connectivity index (χ1) is 7.00. The van der Waals surface area contributed by atoms with Crippen LogP contribution in [0.3, 0.4) is 0 Å². The van der Waals surface area contributed by atoms with Gasteiger partial charge in [0, 0.05) is 6.04 Å². The van der Waals surface area contributed by atoms with Crippen LogP contribution in [0.25, 0.3) is 0 Å². The zero-order valence-corrected chi connectivity index (χ0v) is 10.3. The van der Waals surface area contributed by atoms with Crippen molar-refractivity contribution < 1.29 is 0 Å². The van der Waals surface area contributed by atoms with Crippen LogP contribution in [-0.2, 0) is 0 Å². The van der Waals surface area contributed by atoms with Gasteiger partial charge in [-0.25, -0.2) is 0 Å². The maximum atomic E-state index is 6.12. The molecule has 0 fully saturated rings. The maximum absolute atomic E-state index is 6.12. The maximum Gasteiger partial charge on any atom is 0.0297 e. The normalized spacial score (nSPS) is 13.5.